The van der Waals surface area contributed by atoms with Crippen LogP contribution in [0.3, 0.4) is 0 Å². The highest BCUT2D eigenvalue weighted by molar-refractivity contribution is 5.91. The van der Waals surface area contributed by atoms with Crippen LogP contribution < -0.4 is 11.5 Å². The Labute approximate surface area is 240 Å². The molecule has 12 heteroatoms. The molecular formula is C29H44F3N5O4. The predicted octanol–water partition coefficient (Wildman–Crippen LogP) is 4.00. The quantitative estimate of drug-likeness (QED) is 0.359. The zero-order valence-electron chi connectivity index (χ0n) is 24.3. The molecule has 2 aliphatic heterocycles. The summed E-state index contributed by atoms with van der Waals surface area (Å²) >= 11 is 0. The number of halogens is 3. The molecule has 230 valence electrons. The standard InChI is InChI=1S/C29H44F3N5O4/c1-19(2)9-12-35-17-25-36(28(40)41-18-21-13-20(3)14-22(15-21)29(30,31)32)23(7-4-5-10-33)16-26(38)37(25)24(27(35)39)8-6-11-34/h13-15,19,23-25H,4-12,16-18,33-34H2,1-3H3/t23?,24-,25?/m0/s1. The summed E-state index contributed by atoms with van der Waals surface area (Å²) in [6.45, 7) is 6.75. The molecule has 41 heavy (non-hydrogen) atoms. The Balaban J connectivity index is 1.92. The van der Waals surface area contributed by atoms with E-state index in [1.165, 1.54) is 9.80 Å². The molecule has 2 aliphatic rings. The number of carbonyl (C=O) groups excluding carboxylic acids is 3. The van der Waals surface area contributed by atoms with Gasteiger partial charge in [0.05, 0.1) is 12.1 Å². The highest BCUT2D eigenvalue weighted by atomic mass is 19.4. The van der Waals surface area contributed by atoms with Crippen molar-refractivity contribution in [2.24, 2.45) is 17.4 Å². The zero-order chi connectivity index (χ0) is 30.3. The van der Waals surface area contributed by atoms with E-state index in [2.05, 4.69) is 13.8 Å². The second-order valence-corrected chi connectivity index (χ2v) is 11.5. The van der Waals surface area contributed by atoms with E-state index in [1.807, 2.05) is 0 Å². The number of amides is 3. The number of hydrogen-bond acceptors (Lipinski definition) is 6. The number of nitrogens with zero attached hydrogens (tertiary/aromatic N) is 3. The van der Waals surface area contributed by atoms with Crippen molar-refractivity contribution in [3.05, 3.63) is 34.9 Å². The highest BCUT2D eigenvalue weighted by Gasteiger charge is 2.51. The molecule has 2 saturated heterocycles. The Bertz CT molecular complexity index is 1070. The van der Waals surface area contributed by atoms with Gasteiger partial charge in [-0.3, -0.25) is 14.5 Å². The number of hydrogen-bond donors (Lipinski definition) is 2. The highest BCUT2D eigenvalue weighted by Crippen LogP contribution is 2.34. The van der Waals surface area contributed by atoms with Gasteiger partial charge in [-0.25, -0.2) is 4.79 Å². The number of benzene rings is 1. The number of carbonyl (C=O) groups is 3. The monoisotopic (exact) mass is 583 g/mol. The van der Waals surface area contributed by atoms with Crippen LogP contribution in [0.1, 0.15) is 75.5 Å². The summed E-state index contributed by atoms with van der Waals surface area (Å²) in [5, 5.41) is 0. The summed E-state index contributed by atoms with van der Waals surface area (Å²) in [5.74, 6) is -0.0143. The Morgan fingerprint density at radius 2 is 1.78 bits per heavy atom. The molecule has 0 saturated carbocycles. The lowest BCUT2D eigenvalue weighted by Gasteiger charge is -2.54. The largest absolute Gasteiger partial charge is 0.444 e. The Hall–Kier alpha value is -2.86. The van der Waals surface area contributed by atoms with Gasteiger partial charge in [0, 0.05) is 19.0 Å². The Morgan fingerprint density at radius 3 is 2.41 bits per heavy atom. The fraction of sp³-hybridized carbons (Fsp3) is 0.690. The molecule has 0 aromatic heterocycles. The van der Waals surface area contributed by atoms with E-state index in [0.717, 1.165) is 18.6 Å². The van der Waals surface area contributed by atoms with Crippen LogP contribution in [0.2, 0.25) is 0 Å². The second-order valence-electron chi connectivity index (χ2n) is 11.5. The van der Waals surface area contributed by atoms with Gasteiger partial charge >= 0.3 is 12.3 Å². The maximum Gasteiger partial charge on any atom is 0.416 e. The fourth-order valence-electron chi connectivity index (χ4n) is 5.68. The molecule has 2 fully saturated rings. The van der Waals surface area contributed by atoms with Crippen molar-refractivity contribution in [3.8, 4) is 0 Å². The van der Waals surface area contributed by atoms with Crippen molar-refractivity contribution in [2.45, 2.75) is 96.7 Å². The lowest BCUT2D eigenvalue weighted by atomic mass is 9.94. The summed E-state index contributed by atoms with van der Waals surface area (Å²) in [6.07, 6.45) is -2.40. The Morgan fingerprint density at radius 1 is 1.07 bits per heavy atom. The van der Waals surface area contributed by atoms with Crippen LogP contribution in [0.15, 0.2) is 18.2 Å². The first-order chi connectivity index (χ1) is 19.4. The molecule has 0 bridgehead atoms. The summed E-state index contributed by atoms with van der Waals surface area (Å²) in [4.78, 5) is 45.5. The van der Waals surface area contributed by atoms with Crippen molar-refractivity contribution in [1.29, 1.82) is 0 Å². The average molecular weight is 584 g/mol. The third-order valence-electron chi connectivity index (χ3n) is 7.74. The van der Waals surface area contributed by atoms with Gasteiger partial charge in [-0.1, -0.05) is 31.9 Å². The molecule has 9 nitrogen and oxygen atoms in total. The number of piperazine rings is 1. The average Bonchev–Trinajstić information content (AvgIpc) is 2.89. The van der Waals surface area contributed by atoms with Crippen LogP contribution in [-0.2, 0) is 27.1 Å². The molecule has 0 spiro atoms. The molecule has 3 atom stereocenters. The van der Waals surface area contributed by atoms with E-state index in [-0.39, 0.29) is 37.0 Å². The van der Waals surface area contributed by atoms with Crippen molar-refractivity contribution in [3.63, 3.8) is 0 Å². The summed E-state index contributed by atoms with van der Waals surface area (Å²) in [7, 11) is 0. The summed E-state index contributed by atoms with van der Waals surface area (Å²) in [5.41, 5.74) is 11.2. The molecule has 0 radical (unpaired) electrons. The number of fused-ring (bicyclic) bond motifs is 1. The first-order valence-corrected chi connectivity index (χ1v) is 14.5. The van der Waals surface area contributed by atoms with Crippen LogP contribution in [-0.4, -0.2) is 77.0 Å². The molecular weight excluding hydrogens is 539 g/mol. The minimum Gasteiger partial charge on any atom is -0.444 e. The van der Waals surface area contributed by atoms with E-state index < -0.39 is 36.1 Å². The third-order valence-corrected chi connectivity index (χ3v) is 7.74. The van der Waals surface area contributed by atoms with E-state index in [0.29, 0.717) is 63.2 Å². The molecule has 1 aromatic rings. The molecule has 4 N–H and O–H groups in total. The van der Waals surface area contributed by atoms with Crippen LogP contribution in [0.25, 0.3) is 0 Å². The normalized spacial score (nSPS) is 21.5. The fourth-order valence-corrected chi connectivity index (χ4v) is 5.68. The van der Waals surface area contributed by atoms with Crippen molar-refractivity contribution in [1.82, 2.24) is 14.7 Å². The number of unbranched alkanes of at least 4 members (excludes halogenated alkanes) is 1. The first kappa shape index (κ1) is 32.7. The number of rotatable bonds is 12. The smallest absolute Gasteiger partial charge is 0.416 e. The first-order valence-electron chi connectivity index (χ1n) is 14.5. The van der Waals surface area contributed by atoms with Crippen molar-refractivity contribution < 1.29 is 32.3 Å². The number of aryl methyl sites for hydroxylation is 1. The molecule has 3 rings (SSSR count). The van der Waals surface area contributed by atoms with Gasteiger partial charge in [0.2, 0.25) is 11.8 Å². The lowest BCUT2D eigenvalue weighted by Crippen LogP contribution is -2.73. The van der Waals surface area contributed by atoms with E-state index in [4.69, 9.17) is 16.2 Å². The number of nitrogens with two attached hydrogens (primary N) is 2. The molecule has 0 aliphatic carbocycles. The van der Waals surface area contributed by atoms with E-state index in [9.17, 15) is 27.6 Å². The van der Waals surface area contributed by atoms with Crippen LogP contribution in [0.5, 0.6) is 0 Å². The van der Waals surface area contributed by atoms with Crippen molar-refractivity contribution in [2.75, 3.05) is 26.2 Å². The maximum atomic E-state index is 13.7. The van der Waals surface area contributed by atoms with Gasteiger partial charge in [0.15, 0.2) is 0 Å². The lowest BCUT2D eigenvalue weighted by molar-refractivity contribution is -0.172. The maximum absolute atomic E-state index is 13.7. The Kier molecular flexibility index (Phi) is 11.4. The topological polar surface area (TPSA) is 122 Å². The molecule has 2 unspecified atom stereocenters. The summed E-state index contributed by atoms with van der Waals surface area (Å²) in [6, 6.07) is 2.33. The number of ether oxygens (including phenoxy) is 1. The molecule has 1 aromatic carbocycles. The van der Waals surface area contributed by atoms with Crippen LogP contribution in [0, 0.1) is 12.8 Å². The predicted molar refractivity (Wildman–Crippen MR) is 148 cm³/mol. The SMILES string of the molecule is Cc1cc(COC(=O)N2C(CCCCN)CC(=O)N3C2CN(CCC(C)C)C(=O)[C@@H]3CCCN)cc(C(F)(F)F)c1. The van der Waals surface area contributed by atoms with Gasteiger partial charge in [0.25, 0.3) is 0 Å². The minimum atomic E-state index is -4.53. The van der Waals surface area contributed by atoms with E-state index >= 15 is 0 Å². The molecule has 2 heterocycles. The number of alkyl halides is 3. The van der Waals surface area contributed by atoms with Gasteiger partial charge in [-0.2, -0.15) is 13.2 Å². The molecule has 3 amide bonds. The zero-order valence-corrected chi connectivity index (χ0v) is 24.3. The van der Waals surface area contributed by atoms with E-state index in [1.54, 1.807) is 17.9 Å². The van der Waals surface area contributed by atoms with Gasteiger partial charge in [-0.15, -0.1) is 0 Å². The third kappa shape index (κ3) is 8.34. The minimum absolute atomic E-state index is 0.0250. The van der Waals surface area contributed by atoms with Gasteiger partial charge < -0.3 is 26.0 Å². The van der Waals surface area contributed by atoms with Crippen molar-refractivity contribution >= 4 is 17.9 Å². The van der Waals surface area contributed by atoms with Crippen LogP contribution >= 0.6 is 0 Å². The van der Waals surface area contributed by atoms with Gasteiger partial charge in [0.1, 0.15) is 18.8 Å². The van der Waals surface area contributed by atoms with Gasteiger partial charge in [-0.05, 0) is 75.7 Å². The van der Waals surface area contributed by atoms with Crippen LogP contribution in [0.4, 0.5) is 18.0 Å². The summed E-state index contributed by atoms with van der Waals surface area (Å²) < 4.78 is 45.7. The second kappa shape index (κ2) is 14.4.